The normalized spacial score (nSPS) is 12.8. The van der Waals surface area contributed by atoms with Crippen molar-refractivity contribution in [3.05, 3.63) is 100 Å². The number of rotatable bonds is 6. The third kappa shape index (κ3) is 4.72. The molecule has 0 radical (unpaired) electrons. The van der Waals surface area contributed by atoms with E-state index in [1.165, 1.54) is 48.7 Å². The molecule has 0 aliphatic heterocycles. The van der Waals surface area contributed by atoms with Crippen LogP contribution in [0.3, 0.4) is 0 Å². The summed E-state index contributed by atoms with van der Waals surface area (Å²) in [4.78, 5) is 14.4. The molecule has 0 aliphatic carbocycles. The molecule has 1 heterocycles. The summed E-state index contributed by atoms with van der Waals surface area (Å²) in [7, 11) is -4.25. The Morgan fingerprint density at radius 2 is 1.77 bits per heavy atom. The van der Waals surface area contributed by atoms with Gasteiger partial charge in [-0.15, -0.1) is 0 Å². The lowest BCUT2D eigenvalue weighted by molar-refractivity contribution is -0.297. The van der Waals surface area contributed by atoms with Gasteiger partial charge in [0.2, 0.25) is 0 Å². The summed E-state index contributed by atoms with van der Waals surface area (Å²) >= 11 is 5.82. The van der Waals surface area contributed by atoms with Crippen LogP contribution in [0.15, 0.2) is 71.8 Å². The molecule has 1 unspecified atom stereocenters. The molecular formula is C21H13ClF2NO4S-. The van der Waals surface area contributed by atoms with Gasteiger partial charge in [0, 0.05) is 16.8 Å². The van der Waals surface area contributed by atoms with E-state index in [1.807, 2.05) is 0 Å². The van der Waals surface area contributed by atoms with E-state index in [0.717, 1.165) is 24.3 Å². The highest BCUT2D eigenvalue weighted by atomic mass is 35.5. The van der Waals surface area contributed by atoms with Crippen LogP contribution in [0, 0.1) is 11.6 Å². The largest absolute Gasteiger partial charge is 0.545 e. The SMILES string of the molecule is O=C([O-])/C=C/c1ccc(C(c2cc(F)ccc2F)S(=O)(=O)c2ccc(Cl)cc2)nc1. The fourth-order valence-electron chi connectivity index (χ4n) is 2.80. The molecular weight excluding hydrogens is 436 g/mol. The number of aromatic nitrogens is 1. The third-order valence-corrected chi connectivity index (χ3v) is 6.48. The van der Waals surface area contributed by atoms with Gasteiger partial charge in [0.15, 0.2) is 9.84 Å². The summed E-state index contributed by atoms with van der Waals surface area (Å²) in [6.45, 7) is 0. The minimum absolute atomic E-state index is 0.0694. The smallest absolute Gasteiger partial charge is 0.191 e. The molecule has 0 bridgehead atoms. The number of carbonyl (C=O) groups excluding carboxylic acids is 1. The van der Waals surface area contributed by atoms with Crippen LogP contribution in [0.25, 0.3) is 6.08 Å². The first-order chi connectivity index (χ1) is 14.2. The summed E-state index contributed by atoms with van der Waals surface area (Å²) < 4.78 is 55.0. The molecule has 154 valence electrons. The van der Waals surface area contributed by atoms with Crippen LogP contribution >= 0.6 is 11.6 Å². The second-order valence-corrected chi connectivity index (χ2v) is 8.68. The van der Waals surface area contributed by atoms with Gasteiger partial charge < -0.3 is 9.90 Å². The first-order valence-corrected chi connectivity index (χ1v) is 10.4. The van der Waals surface area contributed by atoms with Crippen molar-refractivity contribution in [3.63, 3.8) is 0 Å². The van der Waals surface area contributed by atoms with Crippen molar-refractivity contribution in [1.29, 1.82) is 0 Å². The number of carbonyl (C=O) groups is 1. The van der Waals surface area contributed by atoms with Crippen LogP contribution in [0.5, 0.6) is 0 Å². The number of aliphatic carboxylic acids is 1. The number of pyridine rings is 1. The monoisotopic (exact) mass is 448 g/mol. The Morgan fingerprint density at radius 1 is 1.07 bits per heavy atom. The van der Waals surface area contributed by atoms with Crippen LogP contribution in [0.4, 0.5) is 8.78 Å². The van der Waals surface area contributed by atoms with Gasteiger partial charge in [-0.2, -0.15) is 0 Å². The molecule has 2 aromatic carbocycles. The average molecular weight is 449 g/mol. The zero-order valence-electron chi connectivity index (χ0n) is 15.1. The Hall–Kier alpha value is -3.10. The fourth-order valence-corrected chi connectivity index (χ4v) is 4.68. The van der Waals surface area contributed by atoms with Gasteiger partial charge >= 0.3 is 0 Å². The quantitative estimate of drug-likeness (QED) is 0.540. The molecule has 3 rings (SSSR count). The van der Waals surface area contributed by atoms with Gasteiger partial charge in [-0.05, 0) is 60.2 Å². The lowest BCUT2D eigenvalue weighted by Crippen LogP contribution is -2.18. The van der Waals surface area contributed by atoms with E-state index in [1.54, 1.807) is 0 Å². The molecule has 0 saturated carbocycles. The Labute approximate surface area is 176 Å². The van der Waals surface area contributed by atoms with Crippen LogP contribution in [-0.2, 0) is 14.6 Å². The molecule has 0 amide bonds. The van der Waals surface area contributed by atoms with Crippen LogP contribution in [0.2, 0.25) is 5.02 Å². The number of carboxylic acid groups (broad SMARTS) is 1. The van der Waals surface area contributed by atoms with Crippen molar-refractivity contribution in [3.8, 4) is 0 Å². The van der Waals surface area contributed by atoms with Crippen LogP contribution in [0.1, 0.15) is 22.1 Å². The van der Waals surface area contributed by atoms with E-state index in [9.17, 15) is 27.1 Å². The molecule has 1 aromatic heterocycles. The first-order valence-electron chi connectivity index (χ1n) is 8.48. The average Bonchev–Trinajstić information content (AvgIpc) is 2.70. The van der Waals surface area contributed by atoms with Gasteiger partial charge in [0.05, 0.1) is 16.6 Å². The van der Waals surface area contributed by atoms with E-state index in [4.69, 9.17) is 11.6 Å². The zero-order chi connectivity index (χ0) is 21.9. The van der Waals surface area contributed by atoms with Crippen molar-refractivity contribution >= 4 is 33.5 Å². The van der Waals surface area contributed by atoms with Crippen LogP contribution in [-0.4, -0.2) is 19.4 Å². The highest BCUT2D eigenvalue weighted by Crippen LogP contribution is 2.36. The number of nitrogens with zero attached hydrogens (tertiary/aromatic N) is 1. The molecule has 5 nitrogen and oxygen atoms in total. The highest BCUT2D eigenvalue weighted by Gasteiger charge is 2.34. The second kappa shape index (κ2) is 8.73. The van der Waals surface area contributed by atoms with E-state index >= 15 is 0 Å². The first kappa shape index (κ1) is 21.6. The predicted octanol–water partition coefficient (Wildman–Crippen LogP) is 3.34. The number of hydrogen-bond donors (Lipinski definition) is 0. The topological polar surface area (TPSA) is 87.2 Å². The number of halogens is 3. The van der Waals surface area contributed by atoms with E-state index in [2.05, 4.69) is 4.98 Å². The lowest BCUT2D eigenvalue weighted by Gasteiger charge is -2.19. The minimum Gasteiger partial charge on any atom is -0.545 e. The number of benzene rings is 2. The zero-order valence-corrected chi connectivity index (χ0v) is 16.7. The Balaban J connectivity index is 2.16. The molecule has 0 fully saturated rings. The Kier molecular flexibility index (Phi) is 6.28. The molecule has 1 atom stereocenters. The highest BCUT2D eigenvalue weighted by molar-refractivity contribution is 7.91. The Bertz CT molecular complexity index is 1210. The van der Waals surface area contributed by atoms with Gasteiger partial charge in [0.25, 0.3) is 0 Å². The molecule has 0 saturated heterocycles. The van der Waals surface area contributed by atoms with Gasteiger partial charge in [-0.25, -0.2) is 17.2 Å². The van der Waals surface area contributed by atoms with Crippen molar-refractivity contribution in [2.75, 3.05) is 0 Å². The Morgan fingerprint density at radius 3 is 2.37 bits per heavy atom. The number of hydrogen-bond acceptors (Lipinski definition) is 5. The van der Waals surface area contributed by atoms with Gasteiger partial charge in [-0.3, -0.25) is 4.98 Å². The van der Waals surface area contributed by atoms with Gasteiger partial charge in [-0.1, -0.05) is 23.7 Å². The predicted molar refractivity (Wildman–Crippen MR) is 105 cm³/mol. The summed E-state index contributed by atoms with van der Waals surface area (Å²) in [5.74, 6) is -3.14. The van der Waals surface area contributed by atoms with E-state index in [0.29, 0.717) is 10.6 Å². The molecule has 9 heteroatoms. The van der Waals surface area contributed by atoms with Crippen LogP contribution < -0.4 is 5.11 Å². The number of carboxylic acids is 1. The summed E-state index contributed by atoms with van der Waals surface area (Å²) in [5.41, 5.74) is -0.124. The number of sulfone groups is 1. The molecule has 0 aliphatic rings. The fraction of sp³-hybridized carbons (Fsp3) is 0.0476. The van der Waals surface area contributed by atoms with E-state index in [-0.39, 0.29) is 10.6 Å². The summed E-state index contributed by atoms with van der Waals surface area (Å²) in [5, 5.41) is 9.20. The molecule has 3 aromatic rings. The minimum atomic E-state index is -4.25. The maximum Gasteiger partial charge on any atom is 0.191 e. The molecule has 0 N–H and O–H groups in total. The maximum atomic E-state index is 14.5. The molecule has 30 heavy (non-hydrogen) atoms. The summed E-state index contributed by atoms with van der Waals surface area (Å²) in [6, 6.07) is 10.5. The summed E-state index contributed by atoms with van der Waals surface area (Å²) in [6.07, 6.45) is 3.21. The third-order valence-electron chi connectivity index (χ3n) is 4.18. The maximum absolute atomic E-state index is 14.5. The van der Waals surface area contributed by atoms with Crippen molar-refractivity contribution in [2.24, 2.45) is 0 Å². The van der Waals surface area contributed by atoms with Crippen molar-refractivity contribution < 1.29 is 27.1 Å². The molecule has 0 spiro atoms. The van der Waals surface area contributed by atoms with Crippen molar-refractivity contribution in [1.82, 2.24) is 4.98 Å². The van der Waals surface area contributed by atoms with E-state index < -0.39 is 38.3 Å². The van der Waals surface area contributed by atoms with Crippen molar-refractivity contribution in [2.45, 2.75) is 10.1 Å². The lowest BCUT2D eigenvalue weighted by atomic mass is 10.1. The van der Waals surface area contributed by atoms with Gasteiger partial charge in [0.1, 0.15) is 16.9 Å². The second-order valence-electron chi connectivity index (χ2n) is 6.21. The standard InChI is InChI=1S/C21H14ClF2NO4S/c22-14-3-6-16(7-4-14)30(28,29)21(17-11-15(23)5-8-18(17)24)19-9-1-13(12-25-19)2-10-20(26)27/h1-12,21H,(H,26,27)/p-1/b10-2+.